The molecule has 0 bridgehead atoms. The molecule has 0 spiro atoms. The predicted molar refractivity (Wildman–Crippen MR) is 60.2 cm³/mol. The third-order valence-corrected chi connectivity index (χ3v) is 2.66. The lowest BCUT2D eigenvalue weighted by Crippen LogP contribution is -2.10. The molecule has 0 unspecified atom stereocenters. The van der Waals surface area contributed by atoms with Gasteiger partial charge in [-0.3, -0.25) is 9.78 Å². The average molecular weight is 266 g/mol. The van der Waals surface area contributed by atoms with Gasteiger partial charge in [-0.05, 0) is 28.1 Å². The van der Waals surface area contributed by atoms with Crippen LogP contribution in [0.1, 0.15) is 10.5 Å². The minimum absolute atomic E-state index is 0.397. The van der Waals surface area contributed by atoms with Gasteiger partial charge in [0.2, 0.25) is 0 Å². The predicted octanol–water partition coefficient (Wildman–Crippen LogP) is 1.94. The zero-order chi connectivity index (χ0) is 10.8. The molecule has 15 heavy (non-hydrogen) atoms. The molecule has 5 heteroatoms. The van der Waals surface area contributed by atoms with Crippen LogP contribution >= 0.6 is 15.9 Å². The van der Waals surface area contributed by atoms with Crippen LogP contribution in [0.4, 0.5) is 0 Å². The normalized spacial score (nSPS) is 10.2. The molecular formula is C10H8BrN3O. The Bertz CT molecular complexity index is 507. The Morgan fingerprint density at radius 1 is 1.53 bits per heavy atom. The zero-order valence-corrected chi connectivity index (χ0v) is 9.28. The monoisotopic (exact) mass is 265 g/mol. The summed E-state index contributed by atoms with van der Waals surface area (Å²) in [5.74, 6) is -0.466. The quantitative estimate of drug-likeness (QED) is 0.871. The van der Waals surface area contributed by atoms with Gasteiger partial charge in [-0.25, -0.2) is 0 Å². The number of pyridine rings is 1. The van der Waals surface area contributed by atoms with Gasteiger partial charge in [0.1, 0.15) is 5.69 Å². The van der Waals surface area contributed by atoms with Gasteiger partial charge >= 0.3 is 0 Å². The van der Waals surface area contributed by atoms with E-state index in [-0.39, 0.29) is 0 Å². The standard InChI is InChI=1S/C10H8BrN3O/c11-8-5-13-2-1-7(8)6-3-9(10(12)15)14-4-6/h1-5,14H,(H2,12,15). The molecule has 2 rings (SSSR count). The maximum absolute atomic E-state index is 10.9. The Hall–Kier alpha value is -1.62. The maximum atomic E-state index is 10.9. The molecule has 0 saturated carbocycles. The van der Waals surface area contributed by atoms with Crippen molar-refractivity contribution < 1.29 is 4.79 Å². The van der Waals surface area contributed by atoms with Gasteiger partial charge in [-0.2, -0.15) is 0 Å². The van der Waals surface area contributed by atoms with Crippen molar-refractivity contribution in [2.24, 2.45) is 5.73 Å². The summed E-state index contributed by atoms with van der Waals surface area (Å²) in [6, 6.07) is 3.57. The van der Waals surface area contributed by atoms with Crippen molar-refractivity contribution in [1.29, 1.82) is 0 Å². The van der Waals surface area contributed by atoms with Gasteiger partial charge in [0.15, 0.2) is 0 Å². The van der Waals surface area contributed by atoms with Gasteiger partial charge in [-0.15, -0.1) is 0 Å². The molecule has 0 aliphatic heterocycles. The SMILES string of the molecule is NC(=O)c1cc(-c2ccncc2Br)c[nH]1. The van der Waals surface area contributed by atoms with Crippen molar-refractivity contribution in [2.75, 3.05) is 0 Å². The van der Waals surface area contributed by atoms with E-state index in [1.165, 1.54) is 0 Å². The molecule has 4 nitrogen and oxygen atoms in total. The highest BCUT2D eigenvalue weighted by molar-refractivity contribution is 9.10. The van der Waals surface area contributed by atoms with Crippen LogP contribution in [-0.2, 0) is 0 Å². The number of hydrogen-bond acceptors (Lipinski definition) is 2. The first-order valence-corrected chi connectivity index (χ1v) is 5.06. The van der Waals surface area contributed by atoms with E-state index >= 15 is 0 Å². The molecule has 2 aromatic heterocycles. The van der Waals surface area contributed by atoms with Gasteiger partial charge in [0.25, 0.3) is 5.91 Å². The number of aromatic nitrogens is 2. The van der Waals surface area contributed by atoms with Crippen LogP contribution in [0.5, 0.6) is 0 Å². The van der Waals surface area contributed by atoms with Crippen molar-refractivity contribution >= 4 is 21.8 Å². The minimum Gasteiger partial charge on any atom is -0.364 e. The Morgan fingerprint density at radius 2 is 2.33 bits per heavy atom. The number of aromatic amines is 1. The summed E-state index contributed by atoms with van der Waals surface area (Å²) in [5.41, 5.74) is 7.41. The molecule has 0 fully saturated rings. The number of hydrogen-bond donors (Lipinski definition) is 2. The fraction of sp³-hybridized carbons (Fsp3) is 0. The Balaban J connectivity index is 2.46. The second kappa shape index (κ2) is 3.86. The van der Waals surface area contributed by atoms with Gasteiger partial charge in [0, 0.05) is 34.2 Å². The molecule has 0 radical (unpaired) electrons. The van der Waals surface area contributed by atoms with Gasteiger partial charge in [0.05, 0.1) is 0 Å². The Morgan fingerprint density at radius 3 is 2.93 bits per heavy atom. The van der Waals surface area contributed by atoms with Crippen molar-refractivity contribution in [2.45, 2.75) is 0 Å². The summed E-state index contributed by atoms with van der Waals surface area (Å²) >= 11 is 3.39. The second-order valence-corrected chi connectivity index (χ2v) is 3.88. The van der Waals surface area contributed by atoms with E-state index in [1.807, 2.05) is 6.07 Å². The molecular weight excluding hydrogens is 258 g/mol. The molecule has 0 saturated heterocycles. The molecule has 3 N–H and O–H groups in total. The fourth-order valence-corrected chi connectivity index (χ4v) is 1.78. The summed E-state index contributed by atoms with van der Waals surface area (Å²) in [7, 11) is 0. The summed E-state index contributed by atoms with van der Waals surface area (Å²) in [6.07, 6.45) is 5.13. The highest BCUT2D eigenvalue weighted by atomic mass is 79.9. The summed E-state index contributed by atoms with van der Waals surface area (Å²) in [6.45, 7) is 0. The molecule has 0 aromatic carbocycles. The molecule has 2 aromatic rings. The zero-order valence-electron chi connectivity index (χ0n) is 7.70. The maximum Gasteiger partial charge on any atom is 0.265 e. The summed E-state index contributed by atoms with van der Waals surface area (Å²) in [5, 5.41) is 0. The number of carbonyl (C=O) groups excluding carboxylic acids is 1. The minimum atomic E-state index is -0.466. The Labute approximate surface area is 94.7 Å². The number of nitrogens with zero attached hydrogens (tertiary/aromatic N) is 1. The van der Waals surface area contributed by atoms with Crippen molar-refractivity contribution in [3.63, 3.8) is 0 Å². The fourth-order valence-electron chi connectivity index (χ4n) is 1.30. The van der Waals surface area contributed by atoms with Gasteiger partial charge in [-0.1, -0.05) is 0 Å². The number of nitrogens with one attached hydrogen (secondary N) is 1. The van der Waals surface area contributed by atoms with Crippen LogP contribution < -0.4 is 5.73 Å². The third kappa shape index (κ3) is 1.92. The van der Waals surface area contributed by atoms with Crippen LogP contribution in [-0.4, -0.2) is 15.9 Å². The van der Waals surface area contributed by atoms with Crippen LogP contribution in [0.2, 0.25) is 0 Å². The van der Waals surface area contributed by atoms with Crippen molar-refractivity contribution in [1.82, 2.24) is 9.97 Å². The second-order valence-electron chi connectivity index (χ2n) is 3.02. The first kappa shape index (κ1) is 9.92. The molecule has 1 amide bonds. The van der Waals surface area contributed by atoms with E-state index < -0.39 is 5.91 Å². The number of nitrogens with two attached hydrogens (primary N) is 1. The number of carbonyl (C=O) groups is 1. The lowest BCUT2D eigenvalue weighted by Gasteiger charge is -1.98. The average Bonchev–Trinajstić information content (AvgIpc) is 2.67. The molecule has 2 heterocycles. The lowest BCUT2D eigenvalue weighted by atomic mass is 10.1. The van der Waals surface area contributed by atoms with Crippen LogP contribution in [0.15, 0.2) is 35.2 Å². The number of primary amides is 1. The van der Waals surface area contributed by atoms with Gasteiger partial charge < -0.3 is 10.7 Å². The smallest absolute Gasteiger partial charge is 0.265 e. The first-order valence-electron chi connectivity index (χ1n) is 4.26. The van der Waals surface area contributed by atoms with E-state index in [0.717, 1.165) is 15.6 Å². The number of rotatable bonds is 2. The third-order valence-electron chi connectivity index (χ3n) is 2.03. The van der Waals surface area contributed by atoms with Crippen molar-refractivity contribution in [3.05, 3.63) is 40.9 Å². The number of halogens is 1. The van der Waals surface area contributed by atoms with E-state index in [9.17, 15) is 4.79 Å². The lowest BCUT2D eigenvalue weighted by molar-refractivity contribution is 0.0996. The summed E-state index contributed by atoms with van der Waals surface area (Å²) < 4.78 is 0.875. The van der Waals surface area contributed by atoms with Crippen LogP contribution in [0.25, 0.3) is 11.1 Å². The highest BCUT2D eigenvalue weighted by Gasteiger charge is 2.07. The van der Waals surface area contributed by atoms with E-state index in [1.54, 1.807) is 24.7 Å². The number of amides is 1. The summed E-state index contributed by atoms with van der Waals surface area (Å²) in [4.78, 5) is 17.7. The van der Waals surface area contributed by atoms with Crippen molar-refractivity contribution in [3.8, 4) is 11.1 Å². The topological polar surface area (TPSA) is 71.8 Å². The molecule has 0 aliphatic rings. The molecule has 0 aliphatic carbocycles. The van der Waals surface area contributed by atoms with E-state index in [0.29, 0.717) is 5.69 Å². The first-order chi connectivity index (χ1) is 7.18. The van der Waals surface area contributed by atoms with Crippen LogP contribution in [0.3, 0.4) is 0 Å². The Kier molecular flexibility index (Phi) is 2.55. The molecule has 0 atom stereocenters. The van der Waals surface area contributed by atoms with Crippen LogP contribution in [0, 0.1) is 0 Å². The molecule has 76 valence electrons. The number of H-pyrrole nitrogens is 1. The largest absolute Gasteiger partial charge is 0.364 e. The highest BCUT2D eigenvalue weighted by Crippen LogP contribution is 2.27. The van der Waals surface area contributed by atoms with E-state index in [2.05, 4.69) is 25.9 Å². The van der Waals surface area contributed by atoms with E-state index in [4.69, 9.17) is 5.73 Å².